The topological polar surface area (TPSA) is 126 Å². The lowest BCUT2D eigenvalue weighted by Crippen LogP contribution is -2.55. The van der Waals surface area contributed by atoms with Crippen LogP contribution in [0.15, 0.2) is 43.0 Å². The average Bonchev–Trinajstić information content (AvgIpc) is 3.71. The summed E-state index contributed by atoms with van der Waals surface area (Å²) in [7, 11) is -3.72. The van der Waals surface area contributed by atoms with Crippen molar-refractivity contribution in [2.45, 2.75) is 48.6 Å². The quantitative estimate of drug-likeness (QED) is 0.368. The van der Waals surface area contributed by atoms with E-state index in [1.54, 1.807) is 12.1 Å². The van der Waals surface area contributed by atoms with Gasteiger partial charge in [-0.05, 0) is 36.8 Å². The Labute approximate surface area is 202 Å². The van der Waals surface area contributed by atoms with Crippen LogP contribution in [-0.4, -0.2) is 54.7 Å². The molecule has 34 heavy (non-hydrogen) atoms. The second-order valence-electron chi connectivity index (χ2n) is 9.09. The molecule has 180 valence electrons. The van der Waals surface area contributed by atoms with E-state index in [9.17, 15) is 18.0 Å². The second kappa shape index (κ2) is 8.51. The number of rotatable bonds is 8. The Balaban J connectivity index is 1.24. The van der Waals surface area contributed by atoms with E-state index in [0.717, 1.165) is 10.8 Å². The zero-order valence-electron chi connectivity index (χ0n) is 18.3. The van der Waals surface area contributed by atoms with Crippen molar-refractivity contribution in [3.8, 4) is 5.88 Å². The third-order valence-electron chi connectivity index (χ3n) is 6.61. The van der Waals surface area contributed by atoms with Crippen molar-refractivity contribution in [2.24, 2.45) is 5.92 Å². The first kappa shape index (κ1) is 23.1. The number of nitrogens with one attached hydrogen (secondary N) is 3. The first-order valence-corrected chi connectivity index (χ1v) is 13.1. The van der Waals surface area contributed by atoms with Crippen molar-refractivity contribution in [1.82, 2.24) is 20.3 Å². The summed E-state index contributed by atoms with van der Waals surface area (Å²) in [5.74, 6) is -1.04. The van der Waals surface area contributed by atoms with Crippen LogP contribution in [0.3, 0.4) is 0 Å². The summed E-state index contributed by atoms with van der Waals surface area (Å²) < 4.78 is 32.7. The molecule has 9 nitrogen and oxygen atoms in total. The number of halogens is 1. The molecule has 5 rings (SSSR count). The van der Waals surface area contributed by atoms with Gasteiger partial charge in [-0.1, -0.05) is 35.9 Å². The van der Waals surface area contributed by atoms with Crippen molar-refractivity contribution in [1.29, 1.82) is 0 Å². The number of pyridine rings is 1. The Morgan fingerprint density at radius 3 is 2.76 bits per heavy atom. The van der Waals surface area contributed by atoms with Gasteiger partial charge in [0.2, 0.25) is 21.8 Å². The Bertz CT molecular complexity index is 1280. The van der Waals surface area contributed by atoms with E-state index in [1.807, 2.05) is 24.3 Å². The highest BCUT2D eigenvalue weighted by atomic mass is 35.5. The van der Waals surface area contributed by atoms with Gasteiger partial charge in [-0.15, -0.1) is 6.58 Å². The maximum Gasteiger partial charge on any atom is 0.259 e. The van der Waals surface area contributed by atoms with Gasteiger partial charge in [0, 0.05) is 24.3 Å². The summed E-state index contributed by atoms with van der Waals surface area (Å²) in [6.45, 7) is 4.11. The van der Waals surface area contributed by atoms with E-state index in [0.29, 0.717) is 43.3 Å². The van der Waals surface area contributed by atoms with Gasteiger partial charge in [-0.3, -0.25) is 14.3 Å². The number of hydrogen-bond donors (Lipinski definition) is 3. The number of amides is 2. The van der Waals surface area contributed by atoms with Gasteiger partial charge in [0.1, 0.15) is 16.8 Å². The van der Waals surface area contributed by atoms with Gasteiger partial charge < -0.3 is 15.4 Å². The number of benzene rings is 1. The normalized spacial score (nSPS) is 28.3. The van der Waals surface area contributed by atoms with Crippen molar-refractivity contribution in [3.05, 3.63) is 48.1 Å². The molecule has 3 aliphatic rings. The summed E-state index contributed by atoms with van der Waals surface area (Å²) in [5, 5.41) is 7.39. The molecule has 1 aromatic heterocycles. The van der Waals surface area contributed by atoms with Crippen molar-refractivity contribution < 1.29 is 22.7 Å². The molecule has 1 saturated heterocycles. The molecule has 2 aromatic rings. The fourth-order valence-corrected chi connectivity index (χ4v) is 5.96. The fraction of sp³-hybridized carbons (Fsp3) is 0.435. The molecule has 2 amide bonds. The van der Waals surface area contributed by atoms with Gasteiger partial charge in [-0.25, -0.2) is 13.4 Å². The van der Waals surface area contributed by atoms with Gasteiger partial charge >= 0.3 is 0 Å². The molecule has 11 heteroatoms. The first-order valence-electron chi connectivity index (χ1n) is 11.2. The highest BCUT2D eigenvalue weighted by Gasteiger charge is 2.61. The minimum Gasteiger partial charge on any atom is -0.472 e. The molecule has 0 radical (unpaired) electrons. The largest absolute Gasteiger partial charge is 0.472 e. The Morgan fingerprint density at radius 2 is 2.06 bits per heavy atom. The SMILES string of the molecule is C=CC1CC1(NC(=O)C1CC(Oc2nc(Cl)cc3ccccc23)CN1)C(=O)NS(=O)(=O)C1CC1. The standard InChI is InChI=1S/C23H25ClN4O5S/c1-2-14-11-23(14,22(30)28-34(31,32)16-7-8-16)27-20(29)18-10-15(12-25-18)33-21-17-6-4-3-5-13(17)9-19(24)26-21/h2-6,9,14-16,18,25H,1,7-8,10-12H2,(H,27,29)(H,28,30). The second-order valence-corrected chi connectivity index (χ2v) is 11.4. The molecular formula is C23H25ClN4O5S. The van der Waals surface area contributed by atoms with E-state index in [1.165, 1.54) is 0 Å². The lowest BCUT2D eigenvalue weighted by atomic mass is 10.1. The van der Waals surface area contributed by atoms with Crippen LogP contribution < -0.4 is 20.1 Å². The predicted octanol–water partition coefficient (Wildman–Crippen LogP) is 1.67. The Hall–Kier alpha value is -2.69. The molecule has 1 aromatic carbocycles. The van der Waals surface area contributed by atoms with Crippen LogP contribution in [0.1, 0.15) is 25.7 Å². The van der Waals surface area contributed by atoms with Gasteiger partial charge in [0.15, 0.2) is 0 Å². The third-order valence-corrected chi connectivity index (χ3v) is 8.62. The van der Waals surface area contributed by atoms with Crippen molar-refractivity contribution in [2.75, 3.05) is 6.54 Å². The number of carbonyl (C=O) groups excluding carboxylic acids is 2. The van der Waals surface area contributed by atoms with Crippen molar-refractivity contribution in [3.63, 3.8) is 0 Å². The molecular weight excluding hydrogens is 480 g/mol. The Morgan fingerprint density at radius 1 is 1.29 bits per heavy atom. The average molecular weight is 505 g/mol. The summed E-state index contributed by atoms with van der Waals surface area (Å²) in [4.78, 5) is 30.1. The monoisotopic (exact) mass is 504 g/mol. The highest BCUT2D eigenvalue weighted by Crippen LogP contribution is 2.45. The Kier molecular flexibility index (Phi) is 5.78. The zero-order valence-corrected chi connectivity index (χ0v) is 19.9. The minimum absolute atomic E-state index is 0.305. The van der Waals surface area contributed by atoms with Crippen molar-refractivity contribution >= 4 is 44.2 Å². The molecule has 2 heterocycles. The predicted molar refractivity (Wildman–Crippen MR) is 127 cm³/mol. The summed E-state index contributed by atoms with van der Waals surface area (Å²) in [5.41, 5.74) is -1.30. The van der Waals surface area contributed by atoms with Crippen LogP contribution in [0.4, 0.5) is 0 Å². The molecule has 4 atom stereocenters. The van der Waals surface area contributed by atoms with Crippen LogP contribution in [0, 0.1) is 5.92 Å². The number of carbonyl (C=O) groups is 2. The smallest absolute Gasteiger partial charge is 0.259 e. The third kappa shape index (κ3) is 4.37. The zero-order chi connectivity index (χ0) is 24.1. The molecule has 4 unspecified atom stereocenters. The van der Waals surface area contributed by atoms with Gasteiger partial charge in [0.25, 0.3) is 5.91 Å². The fourth-order valence-electron chi connectivity index (χ4n) is 4.40. The maximum absolute atomic E-state index is 13.0. The molecule has 1 aliphatic heterocycles. The molecule has 2 saturated carbocycles. The van der Waals surface area contributed by atoms with Crippen LogP contribution in [-0.2, 0) is 19.6 Å². The minimum atomic E-state index is -3.72. The number of sulfonamides is 1. The van der Waals surface area contributed by atoms with E-state index < -0.39 is 38.7 Å². The maximum atomic E-state index is 13.0. The number of fused-ring (bicyclic) bond motifs is 1. The molecule has 2 aliphatic carbocycles. The van der Waals surface area contributed by atoms with Gasteiger partial charge in [-0.2, -0.15) is 0 Å². The van der Waals surface area contributed by atoms with Crippen LogP contribution >= 0.6 is 11.6 Å². The lowest BCUT2D eigenvalue weighted by molar-refractivity contribution is -0.130. The van der Waals surface area contributed by atoms with E-state index >= 15 is 0 Å². The molecule has 0 bridgehead atoms. The molecule has 3 N–H and O–H groups in total. The van der Waals surface area contributed by atoms with Crippen LogP contribution in [0.5, 0.6) is 5.88 Å². The van der Waals surface area contributed by atoms with Crippen LogP contribution in [0.25, 0.3) is 10.8 Å². The lowest BCUT2D eigenvalue weighted by Gasteiger charge is -2.21. The number of ether oxygens (including phenoxy) is 1. The summed E-state index contributed by atoms with van der Waals surface area (Å²) in [6.07, 6.45) is 2.96. The first-order chi connectivity index (χ1) is 16.2. The molecule has 3 fully saturated rings. The number of aromatic nitrogens is 1. The number of hydrogen-bond acceptors (Lipinski definition) is 7. The van der Waals surface area contributed by atoms with E-state index in [-0.39, 0.29) is 12.0 Å². The van der Waals surface area contributed by atoms with Gasteiger partial charge in [0.05, 0.1) is 11.3 Å². The number of nitrogens with zero attached hydrogens (tertiary/aromatic N) is 1. The summed E-state index contributed by atoms with van der Waals surface area (Å²) >= 11 is 6.13. The van der Waals surface area contributed by atoms with Crippen LogP contribution in [0.2, 0.25) is 5.15 Å². The summed E-state index contributed by atoms with van der Waals surface area (Å²) in [6, 6.07) is 8.74. The molecule has 0 spiro atoms. The van der Waals surface area contributed by atoms with E-state index in [4.69, 9.17) is 16.3 Å². The van der Waals surface area contributed by atoms with E-state index in [2.05, 4.69) is 26.9 Å². The highest BCUT2D eigenvalue weighted by molar-refractivity contribution is 7.91.